The summed E-state index contributed by atoms with van der Waals surface area (Å²) in [4.78, 5) is 9.78. The quantitative estimate of drug-likeness (QED) is 0.158. The van der Waals surface area contributed by atoms with Crippen LogP contribution in [0.4, 0.5) is 0 Å². The molecule has 5 aromatic carbocycles. The average molecular weight is 689 g/mol. The third-order valence-corrected chi connectivity index (χ3v) is 11.4. The lowest BCUT2D eigenvalue weighted by atomic mass is 9.83. The third-order valence-electron chi connectivity index (χ3n) is 11.4. The Morgan fingerprint density at radius 3 is 1.10 bits per heavy atom. The number of aromatic nitrogens is 2. The Balaban J connectivity index is 0.904. The standard InChI is InChI=1S/C46H44N2O4/c1-49-41-27-43-39(25-37(41)33-9-5-3-6-10-33)47-45(51-43)35-21-17-31(18-22-35)29-13-15-30(16-14-29)32-19-23-36(24-20-32)46-48-40-26-38(34-11-7-4-8-12-34)42(50-2)28-44(40)52-46/h13-28,33-34H,3-12H2,1-2H3. The van der Waals surface area contributed by atoms with Crippen LogP contribution < -0.4 is 9.47 Å². The smallest absolute Gasteiger partial charge is 0.227 e. The molecule has 2 saturated carbocycles. The Morgan fingerprint density at radius 1 is 0.442 bits per heavy atom. The molecule has 2 aromatic heterocycles. The van der Waals surface area contributed by atoms with Gasteiger partial charge in [-0.05, 0) is 107 Å². The summed E-state index contributed by atoms with van der Waals surface area (Å²) in [6, 6.07) is 34.0. The van der Waals surface area contributed by atoms with Crippen LogP contribution in [0.1, 0.15) is 87.2 Å². The third kappa shape index (κ3) is 6.25. The number of nitrogens with zero attached hydrogens (tertiary/aromatic N) is 2. The molecule has 0 aliphatic heterocycles. The zero-order valence-electron chi connectivity index (χ0n) is 30.0. The second-order valence-corrected chi connectivity index (χ2v) is 14.6. The van der Waals surface area contributed by atoms with Crippen molar-refractivity contribution in [1.82, 2.24) is 9.97 Å². The van der Waals surface area contributed by atoms with E-state index in [1.54, 1.807) is 14.2 Å². The molecule has 2 aliphatic rings. The van der Waals surface area contributed by atoms with Gasteiger partial charge in [0.25, 0.3) is 0 Å². The largest absolute Gasteiger partial charge is 0.496 e. The molecule has 6 nitrogen and oxygen atoms in total. The second-order valence-electron chi connectivity index (χ2n) is 14.6. The number of hydrogen-bond acceptors (Lipinski definition) is 6. The van der Waals surface area contributed by atoms with Gasteiger partial charge in [-0.15, -0.1) is 0 Å². The van der Waals surface area contributed by atoms with Crippen molar-refractivity contribution in [2.75, 3.05) is 14.2 Å². The molecule has 262 valence electrons. The minimum atomic E-state index is 0.531. The van der Waals surface area contributed by atoms with Gasteiger partial charge >= 0.3 is 0 Å². The van der Waals surface area contributed by atoms with E-state index >= 15 is 0 Å². The molecule has 52 heavy (non-hydrogen) atoms. The molecule has 0 radical (unpaired) electrons. The highest BCUT2D eigenvalue weighted by Gasteiger charge is 2.23. The normalized spacial score (nSPS) is 15.7. The molecule has 9 rings (SSSR count). The molecule has 7 aromatic rings. The highest BCUT2D eigenvalue weighted by atomic mass is 16.5. The molecule has 0 bridgehead atoms. The SMILES string of the molecule is COc1cc2oc(-c3ccc(-c4ccc(-c5ccc(-c6nc7cc(C8CCCCC8)c(OC)cc7o6)cc5)cc4)cc3)nc2cc1C1CCCCC1. The molecule has 0 saturated heterocycles. The molecule has 2 aliphatic carbocycles. The number of hydrogen-bond donors (Lipinski definition) is 0. The number of ether oxygens (including phenoxy) is 2. The lowest BCUT2D eigenvalue weighted by Gasteiger charge is -2.23. The number of fused-ring (bicyclic) bond motifs is 2. The fourth-order valence-corrected chi connectivity index (χ4v) is 8.47. The first-order valence-corrected chi connectivity index (χ1v) is 18.9. The van der Waals surface area contributed by atoms with E-state index in [-0.39, 0.29) is 0 Å². The summed E-state index contributed by atoms with van der Waals surface area (Å²) in [5.74, 6) is 4.13. The van der Waals surface area contributed by atoms with Crippen molar-refractivity contribution in [1.29, 1.82) is 0 Å². The van der Waals surface area contributed by atoms with E-state index in [2.05, 4.69) is 84.9 Å². The highest BCUT2D eigenvalue weighted by molar-refractivity contribution is 5.81. The Morgan fingerprint density at radius 2 is 0.769 bits per heavy atom. The van der Waals surface area contributed by atoms with E-state index in [1.165, 1.54) is 75.3 Å². The van der Waals surface area contributed by atoms with Crippen molar-refractivity contribution in [2.45, 2.75) is 76.0 Å². The first-order valence-electron chi connectivity index (χ1n) is 18.9. The summed E-state index contributed by atoms with van der Waals surface area (Å²) in [5.41, 5.74) is 12.3. The van der Waals surface area contributed by atoms with E-state index in [0.717, 1.165) is 67.1 Å². The molecule has 2 heterocycles. The van der Waals surface area contributed by atoms with Crippen LogP contribution in [0.5, 0.6) is 11.5 Å². The maximum absolute atomic E-state index is 6.23. The molecule has 0 amide bonds. The fraction of sp³-hybridized carbons (Fsp3) is 0.304. The Kier molecular flexibility index (Phi) is 8.75. The molecule has 0 atom stereocenters. The van der Waals surface area contributed by atoms with Crippen LogP contribution in [0, 0.1) is 0 Å². The first-order chi connectivity index (χ1) is 25.6. The van der Waals surface area contributed by atoms with Crippen molar-refractivity contribution in [3.05, 3.63) is 108 Å². The maximum Gasteiger partial charge on any atom is 0.227 e. The van der Waals surface area contributed by atoms with E-state index in [4.69, 9.17) is 28.3 Å². The Bertz CT molecular complexity index is 2160. The summed E-state index contributed by atoms with van der Waals surface area (Å²) in [6.45, 7) is 0. The lowest BCUT2D eigenvalue weighted by molar-refractivity contribution is 0.387. The molecule has 0 unspecified atom stereocenters. The van der Waals surface area contributed by atoms with Crippen molar-refractivity contribution in [3.8, 4) is 56.7 Å². The maximum atomic E-state index is 6.23. The van der Waals surface area contributed by atoms with Gasteiger partial charge in [-0.25, -0.2) is 9.97 Å². The Labute approximate surface area is 304 Å². The first kappa shape index (κ1) is 32.5. The zero-order chi connectivity index (χ0) is 35.0. The van der Waals surface area contributed by atoms with E-state index in [1.807, 2.05) is 12.1 Å². The minimum absolute atomic E-state index is 0.531. The van der Waals surface area contributed by atoms with Crippen molar-refractivity contribution < 1.29 is 18.3 Å². The van der Waals surface area contributed by atoms with E-state index < -0.39 is 0 Å². The van der Waals surface area contributed by atoms with Gasteiger partial charge in [0.05, 0.1) is 14.2 Å². The van der Waals surface area contributed by atoms with Crippen LogP contribution >= 0.6 is 0 Å². The van der Waals surface area contributed by atoms with Crippen molar-refractivity contribution >= 4 is 22.2 Å². The number of methoxy groups -OCH3 is 2. The van der Waals surface area contributed by atoms with Gasteiger partial charge in [0.1, 0.15) is 22.5 Å². The number of rotatable bonds is 8. The molecular formula is C46H44N2O4. The van der Waals surface area contributed by atoms with Crippen LogP contribution in [-0.2, 0) is 0 Å². The van der Waals surface area contributed by atoms with E-state index in [0.29, 0.717) is 23.6 Å². The van der Waals surface area contributed by atoms with Gasteiger partial charge in [-0.2, -0.15) is 0 Å². The van der Waals surface area contributed by atoms with Crippen LogP contribution in [-0.4, -0.2) is 24.2 Å². The van der Waals surface area contributed by atoms with Crippen molar-refractivity contribution in [3.63, 3.8) is 0 Å². The summed E-state index contributed by atoms with van der Waals surface area (Å²) < 4.78 is 24.0. The zero-order valence-corrected chi connectivity index (χ0v) is 30.0. The van der Waals surface area contributed by atoms with Crippen LogP contribution in [0.2, 0.25) is 0 Å². The Hall–Kier alpha value is -5.36. The van der Waals surface area contributed by atoms with Crippen LogP contribution in [0.25, 0.3) is 67.4 Å². The molecule has 2 fully saturated rings. The van der Waals surface area contributed by atoms with Gasteiger partial charge in [-0.1, -0.05) is 87.1 Å². The topological polar surface area (TPSA) is 70.5 Å². The number of oxazole rings is 2. The summed E-state index contributed by atoms with van der Waals surface area (Å²) >= 11 is 0. The predicted octanol–water partition coefficient (Wildman–Crippen LogP) is 12.7. The molecule has 0 N–H and O–H groups in total. The van der Waals surface area contributed by atoms with Crippen LogP contribution in [0.15, 0.2) is 106 Å². The summed E-state index contributed by atoms with van der Waals surface area (Å²) in [6.07, 6.45) is 12.6. The van der Waals surface area contributed by atoms with Gasteiger partial charge in [-0.3, -0.25) is 0 Å². The monoisotopic (exact) mass is 688 g/mol. The van der Waals surface area contributed by atoms with Gasteiger partial charge in [0, 0.05) is 23.3 Å². The number of benzene rings is 5. The highest BCUT2D eigenvalue weighted by Crippen LogP contribution is 2.42. The minimum Gasteiger partial charge on any atom is -0.496 e. The van der Waals surface area contributed by atoms with Crippen LogP contribution in [0.3, 0.4) is 0 Å². The average Bonchev–Trinajstić information content (AvgIpc) is 3.84. The molecule has 0 spiro atoms. The van der Waals surface area contributed by atoms with Gasteiger partial charge in [0.15, 0.2) is 11.2 Å². The van der Waals surface area contributed by atoms with Crippen molar-refractivity contribution in [2.24, 2.45) is 0 Å². The predicted molar refractivity (Wildman–Crippen MR) is 208 cm³/mol. The second kappa shape index (κ2) is 14.0. The summed E-state index contributed by atoms with van der Waals surface area (Å²) in [5, 5.41) is 0. The van der Waals surface area contributed by atoms with Gasteiger partial charge in [0.2, 0.25) is 11.8 Å². The summed E-state index contributed by atoms with van der Waals surface area (Å²) in [7, 11) is 3.49. The van der Waals surface area contributed by atoms with E-state index in [9.17, 15) is 0 Å². The lowest BCUT2D eigenvalue weighted by Crippen LogP contribution is -2.06. The fourth-order valence-electron chi connectivity index (χ4n) is 8.47. The van der Waals surface area contributed by atoms with Gasteiger partial charge < -0.3 is 18.3 Å². The molecular weight excluding hydrogens is 645 g/mol. The molecule has 6 heteroatoms.